The van der Waals surface area contributed by atoms with Gasteiger partial charge in [0, 0.05) is 0 Å². The van der Waals surface area contributed by atoms with E-state index in [0.29, 0.717) is 0 Å². The molecule has 0 aromatic rings. The van der Waals surface area contributed by atoms with Gasteiger partial charge in [-0.2, -0.15) is 0 Å². The maximum Gasteiger partial charge on any atom is 0.333 e. The van der Waals surface area contributed by atoms with Crippen molar-refractivity contribution in [1.82, 2.24) is 8.43 Å². The van der Waals surface area contributed by atoms with Crippen molar-refractivity contribution in [2.45, 2.75) is 0 Å². The molecule has 0 unspecified atom stereocenters. The van der Waals surface area contributed by atoms with E-state index in [2.05, 4.69) is 5.32 Å². The summed E-state index contributed by atoms with van der Waals surface area (Å²) in [5.74, 6) is -0.185. The zero-order valence-corrected chi connectivity index (χ0v) is 6.01. The highest BCUT2D eigenvalue weighted by atomic mass is 127. The normalized spacial score (nSPS) is 19.4. The second-order valence-electron chi connectivity index (χ2n) is 1.33. The quantitative estimate of drug-likeness (QED) is 0.356. The van der Waals surface area contributed by atoms with Crippen molar-refractivity contribution in [3.63, 3.8) is 0 Å². The zero-order chi connectivity index (χ0) is 6.15. The Hall–Kier alpha value is -0.330. The number of halogens is 1. The third-order valence-corrected chi connectivity index (χ3v) is 1.76. The fraction of sp³-hybridized carbons (Fsp3) is 0.333. The van der Waals surface area contributed by atoms with E-state index >= 15 is 0 Å². The number of nitrogens with zero attached hydrogens (tertiary/aromatic N) is 1. The molecule has 3 amide bonds. The molecule has 1 fully saturated rings. The second-order valence-corrected chi connectivity index (χ2v) is 2.30. The third kappa shape index (κ3) is 0.770. The molecule has 0 bridgehead atoms. The van der Waals surface area contributed by atoms with Crippen LogP contribution in [-0.4, -0.2) is 21.6 Å². The number of urea groups is 1. The highest BCUT2D eigenvalue weighted by Crippen LogP contribution is 2.04. The number of rotatable bonds is 0. The summed E-state index contributed by atoms with van der Waals surface area (Å²) in [5.41, 5.74) is 0. The van der Waals surface area contributed by atoms with Crippen molar-refractivity contribution in [3.05, 3.63) is 0 Å². The molecule has 0 atom stereocenters. The molecule has 4 nitrogen and oxygen atoms in total. The molecule has 0 radical (unpaired) electrons. The van der Waals surface area contributed by atoms with Crippen LogP contribution in [-0.2, 0) is 4.79 Å². The highest BCUT2D eigenvalue weighted by Gasteiger charge is 2.25. The van der Waals surface area contributed by atoms with E-state index in [9.17, 15) is 9.59 Å². The Morgan fingerprint density at radius 2 is 2.25 bits per heavy atom. The Labute approximate surface area is 59.7 Å². The Kier molecular flexibility index (Phi) is 1.37. The minimum atomic E-state index is -0.324. The molecule has 1 rings (SSSR count). The van der Waals surface area contributed by atoms with Gasteiger partial charge >= 0.3 is 6.03 Å². The van der Waals surface area contributed by atoms with Gasteiger partial charge in [0.25, 0.3) is 5.91 Å². The molecular weight excluding hydrogens is 223 g/mol. The summed E-state index contributed by atoms with van der Waals surface area (Å²) < 4.78 is 1.03. The molecule has 1 saturated heterocycles. The SMILES string of the molecule is O=C1CNC(=O)N1I. The number of nitrogens with one attached hydrogen (secondary N) is 1. The molecule has 1 N–H and O–H groups in total. The Morgan fingerprint density at radius 3 is 2.38 bits per heavy atom. The van der Waals surface area contributed by atoms with Gasteiger partial charge in [-0.1, -0.05) is 0 Å². The summed E-state index contributed by atoms with van der Waals surface area (Å²) in [4.78, 5) is 20.8. The van der Waals surface area contributed by atoms with Crippen LogP contribution < -0.4 is 5.32 Å². The van der Waals surface area contributed by atoms with Crippen LogP contribution in [0.15, 0.2) is 0 Å². The van der Waals surface area contributed by atoms with Gasteiger partial charge in [0.15, 0.2) is 0 Å². The minimum Gasteiger partial charge on any atom is -0.328 e. The molecule has 44 valence electrons. The lowest BCUT2D eigenvalue weighted by molar-refractivity contribution is -0.120. The van der Waals surface area contributed by atoms with Gasteiger partial charge in [0.1, 0.15) is 0 Å². The Morgan fingerprint density at radius 1 is 1.62 bits per heavy atom. The first-order chi connectivity index (χ1) is 3.72. The van der Waals surface area contributed by atoms with Crippen LogP contribution in [0.4, 0.5) is 4.79 Å². The van der Waals surface area contributed by atoms with Crippen LogP contribution in [0.2, 0.25) is 0 Å². The molecule has 0 aromatic heterocycles. The second kappa shape index (κ2) is 1.88. The first-order valence-corrected chi connectivity index (χ1v) is 2.95. The van der Waals surface area contributed by atoms with Gasteiger partial charge < -0.3 is 5.32 Å². The number of carbonyl (C=O) groups is 2. The molecule has 8 heavy (non-hydrogen) atoms. The molecule has 1 aliphatic heterocycles. The summed E-state index contributed by atoms with van der Waals surface area (Å²) >= 11 is 1.66. The molecule has 1 heterocycles. The molecular formula is C3H3IN2O2. The number of amides is 3. The fourth-order valence-corrected chi connectivity index (χ4v) is 0.744. The average Bonchev–Trinajstić information content (AvgIpc) is 1.98. The topological polar surface area (TPSA) is 49.4 Å². The number of hydrogen-bond acceptors (Lipinski definition) is 2. The molecule has 0 spiro atoms. The molecule has 5 heteroatoms. The van der Waals surface area contributed by atoms with E-state index in [1.807, 2.05) is 0 Å². The number of hydrogen-bond donors (Lipinski definition) is 1. The van der Waals surface area contributed by atoms with Gasteiger partial charge in [-0.3, -0.25) is 4.79 Å². The first-order valence-electron chi connectivity index (χ1n) is 1.98. The van der Waals surface area contributed by atoms with Crippen molar-refractivity contribution in [2.24, 2.45) is 0 Å². The predicted molar refractivity (Wildman–Crippen MR) is 34.3 cm³/mol. The Bertz CT molecular complexity index is 130. The van der Waals surface area contributed by atoms with Crippen molar-refractivity contribution >= 4 is 34.8 Å². The first kappa shape index (κ1) is 5.80. The van der Waals surface area contributed by atoms with E-state index < -0.39 is 0 Å². The molecule has 0 saturated carbocycles. The monoisotopic (exact) mass is 226 g/mol. The minimum absolute atomic E-state index is 0.141. The van der Waals surface area contributed by atoms with Crippen LogP contribution in [0.25, 0.3) is 0 Å². The van der Waals surface area contributed by atoms with Gasteiger partial charge in [0.2, 0.25) is 0 Å². The lowest BCUT2D eigenvalue weighted by atomic mass is 10.7. The van der Waals surface area contributed by atoms with Crippen molar-refractivity contribution in [3.8, 4) is 0 Å². The third-order valence-electron chi connectivity index (χ3n) is 0.788. The van der Waals surface area contributed by atoms with Crippen molar-refractivity contribution in [1.29, 1.82) is 0 Å². The van der Waals surface area contributed by atoms with Crippen LogP contribution in [0.3, 0.4) is 0 Å². The smallest absolute Gasteiger partial charge is 0.328 e. The van der Waals surface area contributed by atoms with E-state index in [-0.39, 0.29) is 18.5 Å². The molecule has 0 aromatic carbocycles. The van der Waals surface area contributed by atoms with Gasteiger partial charge in [0.05, 0.1) is 29.4 Å². The van der Waals surface area contributed by atoms with Crippen LogP contribution in [0.1, 0.15) is 0 Å². The van der Waals surface area contributed by atoms with E-state index in [1.165, 1.54) is 0 Å². The van der Waals surface area contributed by atoms with Gasteiger partial charge in [-0.25, -0.2) is 7.91 Å². The standard InChI is InChI=1S/C3H3IN2O2/c4-6-2(7)1-5-3(6)8/h1H2,(H,5,8). The maximum absolute atomic E-state index is 10.4. The largest absolute Gasteiger partial charge is 0.333 e. The number of imide groups is 1. The lowest BCUT2D eigenvalue weighted by Gasteiger charge is -1.95. The molecule has 1 aliphatic rings. The van der Waals surface area contributed by atoms with E-state index in [4.69, 9.17) is 0 Å². The summed E-state index contributed by atoms with van der Waals surface area (Å²) in [6, 6.07) is -0.324. The van der Waals surface area contributed by atoms with Crippen molar-refractivity contribution < 1.29 is 9.59 Å². The molecule has 0 aliphatic carbocycles. The summed E-state index contributed by atoms with van der Waals surface area (Å²) in [6.45, 7) is 0.141. The zero-order valence-electron chi connectivity index (χ0n) is 3.85. The summed E-state index contributed by atoms with van der Waals surface area (Å²) in [6.07, 6.45) is 0. The summed E-state index contributed by atoms with van der Waals surface area (Å²) in [5, 5.41) is 2.35. The average molecular weight is 226 g/mol. The lowest BCUT2D eigenvalue weighted by Crippen LogP contribution is -2.19. The van der Waals surface area contributed by atoms with Crippen LogP contribution in [0.5, 0.6) is 0 Å². The van der Waals surface area contributed by atoms with Gasteiger partial charge in [-0.05, 0) is 0 Å². The van der Waals surface area contributed by atoms with Gasteiger partial charge in [-0.15, -0.1) is 0 Å². The fourth-order valence-electron chi connectivity index (χ4n) is 0.403. The van der Waals surface area contributed by atoms with Crippen LogP contribution >= 0.6 is 22.9 Å². The number of carbonyl (C=O) groups excluding carboxylic acids is 2. The maximum atomic E-state index is 10.4. The Balaban J connectivity index is 2.70. The van der Waals surface area contributed by atoms with Crippen molar-refractivity contribution in [2.75, 3.05) is 6.54 Å². The van der Waals surface area contributed by atoms with E-state index in [0.717, 1.165) is 3.11 Å². The van der Waals surface area contributed by atoms with E-state index in [1.54, 1.807) is 22.9 Å². The highest BCUT2D eigenvalue weighted by molar-refractivity contribution is 14.1. The van der Waals surface area contributed by atoms with Crippen LogP contribution in [0, 0.1) is 0 Å². The predicted octanol–water partition coefficient (Wildman–Crippen LogP) is -0.112. The summed E-state index contributed by atoms with van der Waals surface area (Å²) in [7, 11) is 0.